The van der Waals surface area contributed by atoms with Crippen molar-refractivity contribution in [2.24, 2.45) is 0 Å². The van der Waals surface area contributed by atoms with Crippen molar-refractivity contribution < 1.29 is 28.6 Å². The number of hydrogen-bond acceptors (Lipinski definition) is 6. The molecule has 2 N–H and O–H groups in total. The number of nitrogens with one attached hydrogen (secondary N) is 2. The number of benzene rings is 3. The molecule has 1 aliphatic carbocycles. The normalized spacial score (nSPS) is 12.9. The van der Waals surface area contributed by atoms with Gasteiger partial charge in [-0.2, -0.15) is 0 Å². The predicted octanol–water partition coefficient (Wildman–Crippen LogP) is 6.87. The van der Waals surface area contributed by atoms with E-state index in [1.807, 2.05) is 54.6 Å². The molecule has 0 heterocycles. The van der Waals surface area contributed by atoms with Gasteiger partial charge in [0.15, 0.2) is 0 Å². The molecule has 0 aromatic heterocycles. The smallest absolute Gasteiger partial charge is 0.408 e. The lowest BCUT2D eigenvalue weighted by molar-refractivity contribution is -0.145. The summed E-state index contributed by atoms with van der Waals surface area (Å²) in [6.45, 7) is 7.69. The molecule has 4 rings (SSSR count). The zero-order valence-electron chi connectivity index (χ0n) is 25.3. The SMILES string of the molecule is C[Si](C)(C)CCOC(=O)[C@H](CCCCNC(=O)OCC1c2ccccc2-c2ccccc21)NC(=O)OCc1ccccc1. The van der Waals surface area contributed by atoms with Crippen molar-refractivity contribution in [3.8, 4) is 11.1 Å². The maximum Gasteiger partial charge on any atom is 0.408 e. The van der Waals surface area contributed by atoms with Gasteiger partial charge in [0.25, 0.3) is 0 Å². The fourth-order valence-electron chi connectivity index (χ4n) is 5.03. The fourth-order valence-corrected chi connectivity index (χ4v) is 5.74. The summed E-state index contributed by atoms with van der Waals surface area (Å²) in [7, 11) is -1.38. The Labute approximate surface area is 255 Å². The molecule has 1 aliphatic rings. The van der Waals surface area contributed by atoms with Gasteiger partial charge in [-0.05, 0) is 53.1 Å². The fraction of sp³-hybridized carbons (Fsp3) is 0.382. The minimum atomic E-state index is -1.38. The molecule has 0 spiro atoms. The number of carbonyl (C=O) groups excluding carboxylic acids is 3. The second-order valence-corrected chi connectivity index (χ2v) is 17.6. The summed E-state index contributed by atoms with van der Waals surface area (Å²) < 4.78 is 16.4. The lowest BCUT2D eigenvalue weighted by Crippen LogP contribution is -2.42. The number of esters is 1. The number of alkyl carbamates (subject to hydrolysis) is 2. The topological polar surface area (TPSA) is 103 Å². The Kier molecular flexibility index (Phi) is 11.4. The van der Waals surface area contributed by atoms with Gasteiger partial charge in [0, 0.05) is 20.5 Å². The molecule has 228 valence electrons. The Morgan fingerprint density at radius 1 is 0.767 bits per heavy atom. The summed E-state index contributed by atoms with van der Waals surface area (Å²) in [5.74, 6) is -0.474. The second-order valence-electron chi connectivity index (χ2n) is 12.0. The number of amides is 2. The largest absolute Gasteiger partial charge is 0.464 e. The van der Waals surface area contributed by atoms with E-state index in [1.54, 1.807) is 0 Å². The quantitative estimate of drug-likeness (QED) is 0.0903. The highest BCUT2D eigenvalue weighted by Crippen LogP contribution is 2.44. The van der Waals surface area contributed by atoms with Crippen LogP contribution in [0.5, 0.6) is 0 Å². The van der Waals surface area contributed by atoms with Crippen molar-refractivity contribution in [2.75, 3.05) is 19.8 Å². The van der Waals surface area contributed by atoms with Crippen molar-refractivity contribution in [3.63, 3.8) is 0 Å². The molecule has 0 saturated heterocycles. The van der Waals surface area contributed by atoms with Crippen LogP contribution < -0.4 is 10.6 Å². The summed E-state index contributed by atoms with van der Waals surface area (Å²) in [6, 6.07) is 25.8. The van der Waals surface area contributed by atoms with Crippen LogP contribution in [-0.2, 0) is 25.6 Å². The molecule has 43 heavy (non-hydrogen) atoms. The molecule has 0 fully saturated rings. The molecule has 3 aromatic carbocycles. The average Bonchev–Trinajstić information content (AvgIpc) is 3.31. The van der Waals surface area contributed by atoms with E-state index in [-0.39, 0.29) is 19.1 Å². The number of unbranched alkanes of at least 4 members (excludes halogenated alkanes) is 1. The molecule has 0 aliphatic heterocycles. The van der Waals surface area contributed by atoms with E-state index in [1.165, 1.54) is 11.1 Å². The van der Waals surface area contributed by atoms with Crippen LogP contribution in [0.15, 0.2) is 78.9 Å². The van der Waals surface area contributed by atoms with Gasteiger partial charge in [-0.1, -0.05) is 98.5 Å². The minimum absolute atomic E-state index is 0.00130. The summed E-state index contributed by atoms with van der Waals surface area (Å²) in [5.41, 5.74) is 5.53. The first-order chi connectivity index (χ1) is 20.7. The molecular weight excluding hydrogens is 560 g/mol. The third-order valence-electron chi connectivity index (χ3n) is 7.42. The monoisotopic (exact) mass is 602 g/mol. The molecule has 8 nitrogen and oxygen atoms in total. The number of fused-ring (bicyclic) bond motifs is 3. The van der Waals surface area contributed by atoms with Gasteiger partial charge in [0.05, 0.1) is 6.61 Å². The zero-order valence-corrected chi connectivity index (χ0v) is 26.3. The maximum absolute atomic E-state index is 12.8. The maximum atomic E-state index is 12.8. The summed E-state index contributed by atoms with van der Waals surface area (Å²) in [4.78, 5) is 37.8. The lowest BCUT2D eigenvalue weighted by atomic mass is 9.98. The molecule has 0 saturated carbocycles. The van der Waals surface area contributed by atoms with Crippen LogP contribution in [0.3, 0.4) is 0 Å². The van der Waals surface area contributed by atoms with Crippen molar-refractivity contribution in [3.05, 3.63) is 95.6 Å². The van der Waals surface area contributed by atoms with Crippen LogP contribution in [0.25, 0.3) is 11.1 Å². The van der Waals surface area contributed by atoms with Crippen LogP contribution in [0, 0.1) is 0 Å². The van der Waals surface area contributed by atoms with Crippen LogP contribution in [-0.4, -0.2) is 52.0 Å². The summed E-state index contributed by atoms with van der Waals surface area (Å²) in [6.07, 6.45) is 0.387. The van der Waals surface area contributed by atoms with E-state index in [0.717, 1.165) is 22.7 Å². The Morgan fingerprint density at radius 2 is 1.40 bits per heavy atom. The van der Waals surface area contributed by atoms with Crippen LogP contribution in [0.4, 0.5) is 9.59 Å². The third kappa shape index (κ3) is 9.71. The van der Waals surface area contributed by atoms with Crippen molar-refractivity contribution >= 4 is 26.2 Å². The van der Waals surface area contributed by atoms with E-state index in [4.69, 9.17) is 14.2 Å². The molecule has 1 atom stereocenters. The van der Waals surface area contributed by atoms with Crippen molar-refractivity contribution in [1.29, 1.82) is 0 Å². The lowest BCUT2D eigenvalue weighted by Gasteiger charge is -2.20. The first kappa shape index (κ1) is 31.8. The Hall–Kier alpha value is -4.11. The van der Waals surface area contributed by atoms with Gasteiger partial charge in [-0.25, -0.2) is 14.4 Å². The summed E-state index contributed by atoms with van der Waals surface area (Å²) >= 11 is 0. The van der Waals surface area contributed by atoms with Gasteiger partial charge in [0.2, 0.25) is 0 Å². The van der Waals surface area contributed by atoms with E-state index in [9.17, 15) is 14.4 Å². The third-order valence-corrected chi connectivity index (χ3v) is 9.12. The molecule has 0 unspecified atom stereocenters. The summed E-state index contributed by atoms with van der Waals surface area (Å²) in [5, 5.41) is 5.47. The average molecular weight is 603 g/mol. The predicted molar refractivity (Wildman–Crippen MR) is 170 cm³/mol. The first-order valence-electron chi connectivity index (χ1n) is 14.9. The Balaban J connectivity index is 1.21. The number of hydrogen-bond donors (Lipinski definition) is 2. The van der Waals surface area contributed by atoms with E-state index in [0.29, 0.717) is 32.4 Å². The van der Waals surface area contributed by atoms with Gasteiger partial charge in [-0.3, -0.25) is 0 Å². The zero-order chi connectivity index (χ0) is 30.7. The standard InChI is InChI=1S/C34H42N2O6Si/c1-43(2,3)22-21-40-32(37)31(36-34(39)41-23-25-13-5-4-6-14-25)19-11-12-20-35-33(38)42-24-30-28-17-9-7-15-26(28)27-16-8-10-18-29(27)30/h4-10,13-18,30-31H,11-12,19-24H2,1-3H3,(H,35,38)(H,36,39)/t31-/m0/s1. The van der Waals surface area contributed by atoms with E-state index in [2.05, 4.69) is 54.5 Å². The highest BCUT2D eigenvalue weighted by atomic mass is 28.3. The van der Waals surface area contributed by atoms with Gasteiger partial charge >= 0.3 is 18.2 Å². The first-order valence-corrected chi connectivity index (χ1v) is 18.6. The van der Waals surface area contributed by atoms with Gasteiger partial charge in [0.1, 0.15) is 19.3 Å². The minimum Gasteiger partial charge on any atom is -0.464 e. The highest BCUT2D eigenvalue weighted by molar-refractivity contribution is 6.76. The molecule has 3 aromatic rings. The second kappa shape index (κ2) is 15.4. The molecule has 0 radical (unpaired) electrons. The molecule has 0 bridgehead atoms. The molecule has 9 heteroatoms. The van der Waals surface area contributed by atoms with Gasteiger partial charge < -0.3 is 24.8 Å². The van der Waals surface area contributed by atoms with Crippen LogP contribution in [0.2, 0.25) is 25.7 Å². The van der Waals surface area contributed by atoms with Crippen LogP contribution in [0.1, 0.15) is 41.9 Å². The number of rotatable bonds is 14. The van der Waals surface area contributed by atoms with E-state index >= 15 is 0 Å². The highest BCUT2D eigenvalue weighted by Gasteiger charge is 2.29. The van der Waals surface area contributed by atoms with E-state index < -0.39 is 32.3 Å². The Morgan fingerprint density at radius 3 is 2.05 bits per heavy atom. The molecular formula is C34H42N2O6Si. The number of carbonyl (C=O) groups is 3. The molecule has 2 amide bonds. The number of ether oxygens (including phenoxy) is 3. The van der Waals surface area contributed by atoms with Crippen molar-refractivity contribution in [2.45, 2.75) is 63.5 Å². The van der Waals surface area contributed by atoms with Gasteiger partial charge in [-0.15, -0.1) is 0 Å². The van der Waals surface area contributed by atoms with Crippen molar-refractivity contribution in [1.82, 2.24) is 10.6 Å². The Bertz CT molecular complexity index is 1330. The van der Waals surface area contributed by atoms with Crippen LogP contribution >= 0.6 is 0 Å².